The van der Waals surface area contributed by atoms with Crippen molar-refractivity contribution in [2.75, 3.05) is 51.9 Å². The molecule has 2 aromatic carbocycles. The minimum Gasteiger partial charge on any atom is -0.497 e. The Morgan fingerprint density at radius 3 is 2.52 bits per heavy atom. The summed E-state index contributed by atoms with van der Waals surface area (Å²) in [7, 11) is 3.25. The summed E-state index contributed by atoms with van der Waals surface area (Å²) >= 11 is 1.65. The summed E-state index contributed by atoms with van der Waals surface area (Å²) in [6.45, 7) is 2.79. The van der Waals surface area contributed by atoms with Crippen LogP contribution in [0.4, 0.5) is 5.13 Å². The van der Waals surface area contributed by atoms with E-state index in [0.717, 1.165) is 34.2 Å². The molecule has 0 spiro atoms. The van der Waals surface area contributed by atoms with E-state index in [0.29, 0.717) is 24.6 Å². The molecule has 3 aromatic rings. The van der Waals surface area contributed by atoms with Crippen molar-refractivity contribution in [3.8, 4) is 17.2 Å². The van der Waals surface area contributed by atoms with Gasteiger partial charge in [0.05, 0.1) is 24.4 Å². The van der Waals surface area contributed by atoms with Crippen LogP contribution in [0.5, 0.6) is 17.2 Å². The average Bonchev–Trinajstić information content (AvgIpc) is 3.21. The lowest BCUT2D eigenvalue weighted by molar-refractivity contribution is -0.133. The molecule has 152 valence electrons. The van der Waals surface area contributed by atoms with Gasteiger partial charge in [0.15, 0.2) is 23.2 Å². The standard InChI is InChI=1S/C21H23N3O4S/c1-26-15-7-8-16-19(13-15)29-21(22-16)24-11-9-23(10-12-24)20(25)14-28-18-6-4-3-5-17(18)27-2/h3-8,13H,9-12,14H2,1-2H3. The molecule has 1 aromatic heterocycles. The van der Waals surface area contributed by atoms with Crippen LogP contribution in [-0.4, -0.2) is 62.8 Å². The fourth-order valence-electron chi connectivity index (χ4n) is 3.27. The number of hydrogen-bond acceptors (Lipinski definition) is 7. The van der Waals surface area contributed by atoms with Gasteiger partial charge in [-0.2, -0.15) is 0 Å². The first-order valence-corrected chi connectivity index (χ1v) is 10.2. The lowest BCUT2D eigenvalue weighted by Gasteiger charge is -2.34. The van der Waals surface area contributed by atoms with Gasteiger partial charge in [0.1, 0.15) is 5.75 Å². The second-order valence-corrected chi connectivity index (χ2v) is 7.65. The van der Waals surface area contributed by atoms with E-state index in [-0.39, 0.29) is 12.5 Å². The number of carbonyl (C=O) groups is 1. The monoisotopic (exact) mass is 413 g/mol. The van der Waals surface area contributed by atoms with Crippen LogP contribution in [0, 0.1) is 0 Å². The molecule has 7 nitrogen and oxygen atoms in total. The van der Waals surface area contributed by atoms with Gasteiger partial charge in [0.25, 0.3) is 5.91 Å². The van der Waals surface area contributed by atoms with E-state index in [9.17, 15) is 4.79 Å². The molecule has 0 unspecified atom stereocenters. The molecule has 1 fully saturated rings. The van der Waals surface area contributed by atoms with Gasteiger partial charge in [0.2, 0.25) is 0 Å². The van der Waals surface area contributed by atoms with Crippen molar-refractivity contribution in [2.45, 2.75) is 0 Å². The Balaban J connectivity index is 1.33. The van der Waals surface area contributed by atoms with Crippen LogP contribution in [0.1, 0.15) is 0 Å². The van der Waals surface area contributed by atoms with E-state index in [2.05, 4.69) is 4.90 Å². The number of hydrogen-bond donors (Lipinski definition) is 0. The van der Waals surface area contributed by atoms with Crippen LogP contribution in [0.3, 0.4) is 0 Å². The summed E-state index contributed by atoms with van der Waals surface area (Å²) in [5.41, 5.74) is 0.967. The number of aromatic nitrogens is 1. The molecular weight excluding hydrogens is 390 g/mol. The molecule has 0 radical (unpaired) electrons. The summed E-state index contributed by atoms with van der Waals surface area (Å²) in [5, 5.41) is 0.977. The van der Waals surface area contributed by atoms with Gasteiger partial charge < -0.3 is 24.0 Å². The second-order valence-electron chi connectivity index (χ2n) is 6.64. The molecule has 8 heteroatoms. The van der Waals surface area contributed by atoms with Crippen LogP contribution in [0.2, 0.25) is 0 Å². The van der Waals surface area contributed by atoms with Gasteiger partial charge in [-0.15, -0.1) is 0 Å². The molecule has 1 amide bonds. The van der Waals surface area contributed by atoms with Gasteiger partial charge in [-0.05, 0) is 30.3 Å². The number of nitrogens with zero attached hydrogens (tertiary/aromatic N) is 3. The van der Waals surface area contributed by atoms with Gasteiger partial charge in [-0.3, -0.25) is 4.79 Å². The zero-order chi connectivity index (χ0) is 20.2. The normalized spacial score (nSPS) is 14.1. The van der Waals surface area contributed by atoms with Crippen molar-refractivity contribution in [1.29, 1.82) is 0 Å². The van der Waals surface area contributed by atoms with Crippen molar-refractivity contribution in [3.63, 3.8) is 0 Å². The van der Waals surface area contributed by atoms with Crippen molar-refractivity contribution in [1.82, 2.24) is 9.88 Å². The van der Waals surface area contributed by atoms with E-state index in [1.165, 1.54) is 0 Å². The summed E-state index contributed by atoms with van der Waals surface area (Å²) < 4.78 is 17.3. The van der Waals surface area contributed by atoms with Gasteiger partial charge >= 0.3 is 0 Å². The Labute approximate surface area is 173 Å². The highest BCUT2D eigenvalue weighted by atomic mass is 32.1. The molecule has 1 aliphatic rings. The number of para-hydroxylation sites is 2. The summed E-state index contributed by atoms with van der Waals surface area (Å²) in [6, 6.07) is 13.2. The lowest BCUT2D eigenvalue weighted by Crippen LogP contribution is -2.50. The second kappa shape index (κ2) is 8.57. The number of amides is 1. The van der Waals surface area contributed by atoms with Crippen LogP contribution in [0.25, 0.3) is 10.2 Å². The van der Waals surface area contributed by atoms with Crippen molar-refractivity contribution >= 4 is 32.6 Å². The first kappa shape index (κ1) is 19.3. The Hall–Kier alpha value is -3.00. The molecule has 2 heterocycles. The zero-order valence-corrected chi connectivity index (χ0v) is 17.3. The maximum Gasteiger partial charge on any atom is 0.260 e. The summed E-state index contributed by atoms with van der Waals surface area (Å²) in [5.74, 6) is 2.01. The third kappa shape index (κ3) is 4.22. The Morgan fingerprint density at radius 1 is 1.03 bits per heavy atom. The smallest absolute Gasteiger partial charge is 0.260 e. The highest BCUT2D eigenvalue weighted by Crippen LogP contribution is 2.32. The minimum absolute atomic E-state index is 0.00130. The molecule has 0 aliphatic carbocycles. The maximum atomic E-state index is 12.5. The Bertz CT molecular complexity index is 999. The number of anilines is 1. The number of rotatable bonds is 6. The molecular formula is C21H23N3O4S. The third-order valence-corrected chi connectivity index (χ3v) is 5.99. The molecule has 29 heavy (non-hydrogen) atoms. The van der Waals surface area contributed by atoms with Crippen LogP contribution < -0.4 is 19.1 Å². The first-order valence-electron chi connectivity index (χ1n) is 9.41. The predicted molar refractivity (Wildman–Crippen MR) is 113 cm³/mol. The third-order valence-electron chi connectivity index (χ3n) is 4.91. The van der Waals surface area contributed by atoms with E-state index in [1.54, 1.807) is 31.6 Å². The highest BCUT2D eigenvalue weighted by Gasteiger charge is 2.23. The quantitative estimate of drug-likeness (QED) is 0.619. The van der Waals surface area contributed by atoms with Crippen molar-refractivity contribution in [3.05, 3.63) is 42.5 Å². The highest BCUT2D eigenvalue weighted by molar-refractivity contribution is 7.22. The molecule has 4 rings (SSSR count). The number of methoxy groups -OCH3 is 2. The predicted octanol–water partition coefficient (Wildman–Crippen LogP) is 3.04. The topological polar surface area (TPSA) is 64.1 Å². The number of fused-ring (bicyclic) bond motifs is 1. The average molecular weight is 413 g/mol. The van der Waals surface area contributed by atoms with E-state index >= 15 is 0 Å². The summed E-state index contributed by atoms with van der Waals surface area (Å²) in [4.78, 5) is 21.3. The molecule has 0 bridgehead atoms. The number of thiazole rings is 1. The number of benzene rings is 2. The van der Waals surface area contributed by atoms with E-state index in [1.807, 2.05) is 41.3 Å². The number of piperazine rings is 1. The molecule has 1 saturated heterocycles. The zero-order valence-electron chi connectivity index (χ0n) is 16.5. The van der Waals surface area contributed by atoms with Crippen LogP contribution in [-0.2, 0) is 4.79 Å². The van der Waals surface area contributed by atoms with Crippen molar-refractivity contribution < 1.29 is 19.0 Å². The molecule has 0 atom stereocenters. The van der Waals surface area contributed by atoms with E-state index < -0.39 is 0 Å². The Morgan fingerprint density at radius 2 is 1.79 bits per heavy atom. The van der Waals surface area contributed by atoms with E-state index in [4.69, 9.17) is 19.2 Å². The SMILES string of the molecule is COc1ccc2nc(N3CCN(C(=O)COc4ccccc4OC)CC3)sc2c1. The Kier molecular flexibility index (Phi) is 5.71. The lowest BCUT2D eigenvalue weighted by atomic mass is 10.3. The number of ether oxygens (including phenoxy) is 3. The van der Waals surface area contributed by atoms with Gasteiger partial charge in [-0.25, -0.2) is 4.98 Å². The molecule has 0 N–H and O–H groups in total. The maximum absolute atomic E-state index is 12.5. The fourth-order valence-corrected chi connectivity index (χ4v) is 4.32. The molecule has 0 saturated carbocycles. The van der Waals surface area contributed by atoms with Crippen molar-refractivity contribution in [2.24, 2.45) is 0 Å². The fraction of sp³-hybridized carbons (Fsp3) is 0.333. The number of carbonyl (C=O) groups excluding carboxylic acids is 1. The molecule has 1 aliphatic heterocycles. The van der Waals surface area contributed by atoms with Gasteiger partial charge in [0, 0.05) is 26.2 Å². The summed E-state index contributed by atoms with van der Waals surface area (Å²) in [6.07, 6.45) is 0. The first-order chi connectivity index (χ1) is 14.2. The van der Waals surface area contributed by atoms with Crippen LogP contribution >= 0.6 is 11.3 Å². The minimum atomic E-state index is -0.0235. The largest absolute Gasteiger partial charge is 0.497 e. The van der Waals surface area contributed by atoms with Crippen LogP contribution in [0.15, 0.2) is 42.5 Å². The van der Waals surface area contributed by atoms with Gasteiger partial charge in [-0.1, -0.05) is 23.5 Å².